The molecule has 0 spiro atoms. The van der Waals surface area contributed by atoms with Gasteiger partial charge < -0.3 is 19.5 Å². The molecule has 1 unspecified atom stereocenters. The lowest BCUT2D eigenvalue weighted by atomic mass is 10.1. The molecule has 1 aromatic rings. The van der Waals surface area contributed by atoms with E-state index in [0.717, 1.165) is 32.5 Å². The molecule has 1 saturated heterocycles. The Morgan fingerprint density at radius 2 is 2.19 bits per heavy atom. The summed E-state index contributed by atoms with van der Waals surface area (Å²) in [6, 6.07) is 5.29. The van der Waals surface area contributed by atoms with Crippen molar-refractivity contribution < 1.29 is 19.0 Å². The molecule has 1 atom stereocenters. The summed E-state index contributed by atoms with van der Waals surface area (Å²) in [6.45, 7) is 11.3. The molecule has 0 aromatic heterocycles. The summed E-state index contributed by atoms with van der Waals surface area (Å²) < 4.78 is 16.9. The number of carbonyl (C=O) groups excluding carboxylic acids is 1. The molecule has 6 heteroatoms. The molecule has 0 bridgehead atoms. The minimum atomic E-state index is -0.127. The number of carbonyl (C=O) groups is 1. The molecule has 27 heavy (non-hydrogen) atoms. The van der Waals surface area contributed by atoms with Gasteiger partial charge in [-0.3, -0.25) is 9.69 Å². The number of morpholine rings is 1. The maximum absolute atomic E-state index is 12.5. The van der Waals surface area contributed by atoms with E-state index in [9.17, 15) is 4.79 Å². The highest BCUT2D eigenvalue weighted by molar-refractivity contribution is 5.94. The predicted octanol–water partition coefficient (Wildman–Crippen LogP) is 2.96. The van der Waals surface area contributed by atoms with Gasteiger partial charge in [0.2, 0.25) is 0 Å². The lowest BCUT2D eigenvalue weighted by Crippen LogP contribution is -2.48. The molecule has 1 heterocycles. The third kappa shape index (κ3) is 7.03. The first kappa shape index (κ1) is 21.5. The van der Waals surface area contributed by atoms with Crippen LogP contribution in [0.3, 0.4) is 0 Å². The number of hydrogen-bond acceptors (Lipinski definition) is 5. The Kier molecular flexibility index (Phi) is 8.88. The Balaban J connectivity index is 1.87. The number of nitrogens with one attached hydrogen (secondary N) is 1. The van der Waals surface area contributed by atoms with Gasteiger partial charge in [0.15, 0.2) is 11.5 Å². The van der Waals surface area contributed by atoms with Gasteiger partial charge in [0.05, 0.1) is 26.4 Å². The van der Waals surface area contributed by atoms with Crippen LogP contribution in [-0.4, -0.2) is 63.4 Å². The van der Waals surface area contributed by atoms with E-state index in [4.69, 9.17) is 14.2 Å². The highest BCUT2D eigenvalue weighted by Crippen LogP contribution is 2.28. The van der Waals surface area contributed by atoms with Gasteiger partial charge in [0, 0.05) is 31.7 Å². The molecule has 6 nitrogen and oxygen atoms in total. The van der Waals surface area contributed by atoms with E-state index in [2.05, 4.69) is 31.0 Å². The van der Waals surface area contributed by atoms with Crippen molar-refractivity contribution in [2.45, 2.75) is 39.7 Å². The second-order valence-corrected chi connectivity index (χ2v) is 7.42. The van der Waals surface area contributed by atoms with Crippen LogP contribution in [0.5, 0.6) is 11.5 Å². The Hall–Kier alpha value is -1.79. The van der Waals surface area contributed by atoms with E-state index < -0.39 is 0 Å². The Morgan fingerprint density at radius 3 is 2.89 bits per heavy atom. The Labute approximate surface area is 163 Å². The van der Waals surface area contributed by atoms with Gasteiger partial charge in [-0.05, 0) is 30.5 Å². The van der Waals surface area contributed by atoms with Crippen molar-refractivity contribution in [1.82, 2.24) is 10.2 Å². The monoisotopic (exact) mass is 378 g/mol. The van der Waals surface area contributed by atoms with Gasteiger partial charge in [-0.15, -0.1) is 0 Å². The standard InChI is InChI=1S/C21H34N2O4/c1-5-6-10-27-19-8-7-17(12-20(19)25-4)21(24)22-13-18-15-23(9-11-26-18)14-16(2)3/h7-8,12,16,18H,5-6,9-11,13-15H2,1-4H3,(H,22,24). The molecule has 1 N–H and O–H groups in total. The van der Waals surface area contributed by atoms with Crippen molar-refractivity contribution in [3.63, 3.8) is 0 Å². The van der Waals surface area contributed by atoms with E-state index >= 15 is 0 Å². The van der Waals surface area contributed by atoms with Crippen LogP contribution in [0.2, 0.25) is 0 Å². The number of rotatable bonds is 10. The molecule has 2 rings (SSSR count). The summed E-state index contributed by atoms with van der Waals surface area (Å²) in [5.74, 6) is 1.75. The molecule has 1 aromatic carbocycles. The summed E-state index contributed by atoms with van der Waals surface area (Å²) in [4.78, 5) is 14.9. The number of hydrogen-bond donors (Lipinski definition) is 1. The second kappa shape index (κ2) is 11.1. The van der Waals surface area contributed by atoms with Gasteiger partial charge in [-0.2, -0.15) is 0 Å². The minimum Gasteiger partial charge on any atom is -0.493 e. The van der Waals surface area contributed by atoms with E-state index in [1.165, 1.54) is 0 Å². The number of unbranched alkanes of at least 4 members (excludes halogenated alkanes) is 1. The first-order chi connectivity index (χ1) is 13.0. The van der Waals surface area contributed by atoms with Crippen molar-refractivity contribution in [2.75, 3.05) is 46.5 Å². The molecule has 0 saturated carbocycles. The van der Waals surface area contributed by atoms with Crippen LogP contribution in [0.4, 0.5) is 0 Å². The third-order valence-electron chi connectivity index (χ3n) is 4.52. The van der Waals surface area contributed by atoms with Crippen LogP contribution in [-0.2, 0) is 4.74 Å². The van der Waals surface area contributed by atoms with Crippen LogP contribution >= 0.6 is 0 Å². The van der Waals surface area contributed by atoms with E-state index in [1.807, 2.05) is 0 Å². The van der Waals surface area contributed by atoms with Gasteiger partial charge >= 0.3 is 0 Å². The number of amides is 1. The van der Waals surface area contributed by atoms with E-state index in [-0.39, 0.29) is 12.0 Å². The predicted molar refractivity (Wildman–Crippen MR) is 107 cm³/mol. The van der Waals surface area contributed by atoms with Crippen LogP contribution in [0, 0.1) is 5.92 Å². The summed E-state index contributed by atoms with van der Waals surface area (Å²) in [5, 5.41) is 2.98. The third-order valence-corrected chi connectivity index (χ3v) is 4.52. The molecule has 1 aliphatic heterocycles. The topological polar surface area (TPSA) is 60.0 Å². The molecule has 1 fully saturated rings. The van der Waals surface area contributed by atoms with Crippen LogP contribution < -0.4 is 14.8 Å². The molecular weight excluding hydrogens is 344 g/mol. The first-order valence-electron chi connectivity index (χ1n) is 9.96. The highest BCUT2D eigenvalue weighted by Gasteiger charge is 2.22. The SMILES string of the molecule is CCCCOc1ccc(C(=O)NCC2CN(CC(C)C)CCO2)cc1OC. The number of benzene rings is 1. The van der Waals surface area contributed by atoms with Gasteiger partial charge in [-0.1, -0.05) is 27.2 Å². The highest BCUT2D eigenvalue weighted by atomic mass is 16.5. The minimum absolute atomic E-state index is 0.0278. The molecule has 1 amide bonds. The van der Waals surface area contributed by atoms with Crippen molar-refractivity contribution in [3.8, 4) is 11.5 Å². The Bertz CT molecular complexity index is 592. The number of ether oxygens (including phenoxy) is 3. The van der Waals surface area contributed by atoms with Crippen molar-refractivity contribution in [3.05, 3.63) is 23.8 Å². The largest absolute Gasteiger partial charge is 0.493 e. The average molecular weight is 379 g/mol. The molecule has 152 valence electrons. The molecular formula is C21H34N2O4. The van der Waals surface area contributed by atoms with Crippen LogP contribution in [0.25, 0.3) is 0 Å². The average Bonchev–Trinajstić information content (AvgIpc) is 2.66. The lowest BCUT2D eigenvalue weighted by Gasteiger charge is -2.33. The zero-order valence-electron chi connectivity index (χ0n) is 17.1. The normalized spacial score (nSPS) is 17.7. The fourth-order valence-corrected chi connectivity index (χ4v) is 3.15. The van der Waals surface area contributed by atoms with Crippen molar-refractivity contribution >= 4 is 5.91 Å². The van der Waals surface area contributed by atoms with Crippen molar-refractivity contribution in [1.29, 1.82) is 0 Å². The first-order valence-corrected chi connectivity index (χ1v) is 9.96. The van der Waals surface area contributed by atoms with Gasteiger partial charge in [0.25, 0.3) is 5.91 Å². The zero-order valence-corrected chi connectivity index (χ0v) is 17.1. The number of nitrogens with zero attached hydrogens (tertiary/aromatic N) is 1. The molecule has 1 aliphatic rings. The summed E-state index contributed by atoms with van der Waals surface area (Å²) in [6.07, 6.45) is 2.08. The smallest absolute Gasteiger partial charge is 0.251 e. The summed E-state index contributed by atoms with van der Waals surface area (Å²) >= 11 is 0. The quantitative estimate of drug-likeness (QED) is 0.634. The lowest BCUT2D eigenvalue weighted by molar-refractivity contribution is -0.0295. The van der Waals surface area contributed by atoms with Crippen LogP contribution in [0.1, 0.15) is 44.0 Å². The van der Waals surface area contributed by atoms with Crippen LogP contribution in [0.15, 0.2) is 18.2 Å². The second-order valence-electron chi connectivity index (χ2n) is 7.42. The van der Waals surface area contributed by atoms with Crippen molar-refractivity contribution in [2.24, 2.45) is 5.92 Å². The number of methoxy groups -OCH3 is 1. The fraction of sp³-hybridized carbons (Fsp3) is 0.667. The van der Waals surface area contributed by atoms with E-state index in [0.29, 0.717) is 42.7 Å². The Morgan fingerprint density at radius 1 is 1.37 bits per heavy atom. The summed E-state index contributed by atoms with van der Waals surface area (Å²) in [7, 11) is 1.59. The van der Waals surface area contributed by atoms with E-state index in [1.54, 1.807) is 25.3 Å². The maximum Gasteiger partial charge on any atom is 0.251 e. The fourth-order valence-electron chi connectivity index (χ4n) is 3.15. The molecule has 0 radical (unpaired) electrons. The maximum atomic E-state index is 12.5. The summed E-state index contributed by atoms with van der Waals surface area (Å²) in [5.41, 5.74) is 0.560. The molecule has 0 aliphatic carbocycles. The zero-order chi connectivity index (χ0) is 19.6. The van der Waals surface area contributed by atoms with Gasteiger partial charge in [-0.25, -0.2) is 0 Å². The van der Waals surface area contributed by atoms with Gasteiger partial charge in [0.1, 0.15) is 0 Å².